The Labute approximate surface area is 171 Å². The standard InChI is InChI=1S/C20H20FN5O4/c1-23-18(28)16-20(19(22)29,25-10-24-16)11-6-8-12(9-7-11)26-17(27)13-4-3-5-14(30-2)15(13)21/h3-9,25H,10H2,1-2H3,(H2,22,29)(H,23,28)(H,26,27). The van der Waals surface area contributed by atoms with Crippen LogP contribution in [0.2, 0.25) is 0 Å². The van der Waals surface area contributed by atoms with Gasteiger partial charge in [-0.25, -0.2) is 4.39 Å². The van der Waals surface area contributed by atoms with E-state index in [1.54, 1.807) is 0 Å². The van der Waals surface area contributed by atoms with Gasteiger partial charge < -0.3 is 21.1 Å². The lowest BCUT2D eigenvalue weighted by Gasteiger charge is -2.27. The van der Waals surface area contributed by atoms with E-state index in [0.29, 0.717) is 11.3 Å². The summed E-state index contributed by atoms with van der Waals surface area (Å²) in [5.74, 6) is -2.82. The fourth-order valence-corrected chi connectivity index (χ4v) is 3.23. The molecule has 3 rings (SSSR count). The second-order valence-electron chi connectivity index (χ2n) is 6.39. The molecule has 0 aromatic heterocycles. The van der Waals surface area contributed by atoms with Crippen LogP contribution < -0.4 is 26.4 Å². The maximum atomic E-state index is 14.3. The smallest absolute Gasteiger partial charge is 0.267 e. The van der Waals surface area contributed by atoms with E-state index in [1.165, 1.54) is 56.6 Å². The zero-order valence-electron chi connectivity index (χ0n) is 16.3. The van der Waals surface area contributed by atoms with Gasteiger partial charge in [0, 0.05) is 12.7 Å². The molecule has 3 amide bonds. The molecule has 2 aromatic rings. The first-order chi connectivity index (χ1) is 14.3. The molecule has 0 aliphatic carbocycles. The number of nitrogens with zero attached hydrogens (tertiary/aromatic N) is 1. The fourth-order valence-electron chi connectivity index (χ4n) is 3.23. The number of carbonyl (C=O) groups excluding carboxylic acids is 3. The second-order valence-corrected chi connectivity index (χ2v) is 6.39. The lowest BCUT2D eigenvalue weighted by molar-refractivity contribution is -0.123. The van der Waals surface area contributed by atoms with Crippen molar-refractivity contribution in [3.05, 3.63) is 59.4 Å². The van der Waals surface area contributed by atoms with Crippen molar-refractivity contribution in [2.75, 3.05) is 26.1 Å². The molecule has 2 aromatic carbocycles. The molecule has 9 nitrogen and oxygen atoms in total. The number of nitrogens with two attached hydrogens (primary N) is 1. The Bertz CT molecular complexity index is 1040. The Morgan fingerprint density at radius 2 is 1.87 bits per heavy atom. The average molecular weight is 413 g/mol. The molecule has 0 spiro atoms. The maximum absolute atomic E-state index is 14.3. The van der Waals surface area contributed by atoms with Crippen molar-refractivity contribution in [1.82, 2.24) is 10.6 Å². The zero-order valence-corrected chi connectivity index (χ0v) is 16.3. The van der Waals surface area contributed by atoms with Crippen LogP contribution in [0.25, 0.3) is 0 Å². The summed E-state index contributed by atoms with van der Waals surface area (Å²) in [7, 11) is 2.73. The van der Waals surface area contributed by atoms with E-state index in [9.17, 15) is 18.8 Å². The van der Waals surface area contributed by atoms with E-state index in [-0.39, 0.29) is 23.7 Å². The summed E-state index contributed by atoms with van der Waals surface area (Å²) in [6, 6.07) is 10.3. The molecule has 30 heavy (non-hydrogen) atoms. The van der Waals surface area contributed by atoms with E-state index in [0.717, 1.165) is 0 Å². The molecule has 0 radical (unpaired) electrons. The molecule has 1 atom stereocenters. The van der Waals surface area contributed by atoms with Crippen molar-refractivity contribution in [1.29, 1.82) is 0 Å². The highest BCUT2D eigenvalue weighted by atomic mass is 19.1. The zero-order chi connectivity index (χ0) is 21.9. The average Bonchev–Trinajstić information content (AvgIpc) is 3.20. The summed E-state index contributed by atoms with van der Waals surface area (Å²) < 4.78 is 19.2. The first-order valence-electron chi connectivity index (χ1n) is 8.91. The van der Waals surface area contributed by atoms with Crippen LogP contribution in [-0.4, -0.2) is 44.3 Å². The SMILES string of the molecule is CNC(=O)C1=NCNC1(C(N)=O)c1ccc(NC(=O)c2cccc(OC)c2F)cc1. The number of anilines is 1. The largest absolute Gasteiger partial charge is 0.494 e. The first-order valence-corrected chi connectivity index (χ1v) is 8.91. The number of rotatable bonds is 6. The summed E-state index contributed by atoms with van der Waals surface area (Å²) in [5.41, 5.74) is 4.50. The molecule has 1 unspecified atom stereocenters. The number of nitrogens with one attached hydrogen (secondary N) is 3. The van der Waals surface area contributed by atoms with Crippen LogP contribution in [0.1, 0.15) is 15.9 Å². The van der Waals surface area contributed by atoms with Gasteiger partial charge in [-0.05, 0) is 29.8 Å². The van der Waals surface area contributed by atoms with Crippen LogP contribution in [0, 0.1) is 5.82 Å². The van der Waals surface area contributed by atoms with Crippen LogP contribution in [0.3, 0.4) is 0 Å². The topological polar surface area (TPSA) is 135 Å². The second kappa shape index (κ2) is 8.29. The third kappa shape index (κ3) is 3.48. The van der Waals surface area contributed by atoms with Crippen molar-refractivity contribution < 1.29 is 23.5 Å². The van der Waals surface area contributed by atoms with E-state index in [2.05, 4.69) is 20.9 Å². The van der Waals surface area contributed by atoms with Crippen molar-refractivity contribution in [2.45, 2.75) is 5.54 Å². The first kappa shape index (κ1) is 20.9. The molecule has 0 fully saturated rings. The lowest BCUT2D eigenvalue weighted by Crippen LogP contribution is -2.58. The highest BCUT2D eigenvalue weighted by molar-refractivity contribution is 6.47. The number of carbonyl (C=O) groups is 3. The third-order valence-electron chi connectivity index (χ3n) is 4.75. The number of hydrogen-bond acceptors (Lipinski definition) is 6. The predicted octanol–water partition coefficient (Wildman–Crippen LogP) is 0.515. The molecular formula is C20H20FN5O4. The fraction of sp³-hybridized carbons (Fsp3) is 0.200. The van der Waals surface area contributed by atoms with E-state index >= 15 is 0 Å². The number of benzene rings is 2. The monoisotopic (exact) mass is 413 g/mol. The molecule has 0 saturated heterocycles. The minimum atomic E-state index is -1.60. The van der Waals surface area contributed by atoms with Gasteiger partial charge in [-0.2, -0.15) is 0 Å². The summed E-state index contributed by atoms with van der Waals surface area (Å²) in [6.07, 6.45) is 0. The van der Waals surface area contributed by atoms with Gasteiger partial charge in [0.15, 0.2) is 17.1 Å². The Morgan fingerprint density at radius 3 is 2.47 bits per heavy atom. The molecule has 10 heteroatoms. The molecule has 1 aliphatic rings. The molecule has 156 valence electrons. The quantitative estimate of drug-likeness (QED) is 0.548. The van der Waals surface area contributed by atoms with Gasteiger partial charge in [-0.15, -0.1) is 0 Å². The minimum absolute atomic E-state index is 0.0410. The number of ether oxygens (including phenoxy) is 1. The van der Waals surface area contributed by atoms with Gasteiger partial charge in [-0.3, -0.25) is 24.7 Å². The van der Waals surface area contributed by atoms with Gasteiger partial charge in [-0.1, -0.05) is 18.2 Å². The summed E-state index contributed by atoms with van der Waals surface area (Å²) in [5, 5.41) is 7.88. The van der Waals surface area contributed by atoms with Crippen molar-refractivity contribution >= 4 is 29.1 Å². The van der Waals surface area contributed by atoms with E-state index in [4.69, 9.17) is 10.5 Å². The van der Waals surface area contributed by atoms with Crippen LogP contribution in [-0.2, 0) is 15.1 Å². The van der Waals surface area contributed by atoms with Crippen molar-refractivity contribution in [3.8, 4) is 5.75 Å². The van der Waals surface area contributed by atoms with Gasteiger partial charge in [0.05, 0.1) is 19.3 Å². The predicted molar refractivity (Wildman–Crippen MR) is 108 cm³/mol. The van der Waals surface area contributed by atoms with Crippen LogP contribution in [0.15, 0.2) is 47.5 Å². The number of hydrogen-bond donors (Lipinski definition) is 4. The number of primary amides is 1. The third-order valence-corrected chi connectivity index (χ3v) is 4.75. The normalized spacial score (nSPS) is 17.8. The highest BCUT2D eigenvalue weighted by Gasteiger charge is 2.49. The van der Waals surface area contributed by atoms with E-state index < -0.39 is 29.1 Å². The summed E-state index contributed by atoms with van der Waals surface area (Å²) in [4.78, 5) is 40.9. The maximum Gasteiger partial charge on any atom is 0.267 e. The Kier molecular flexibility index (Phi) is 5.79. The Balaban J connectivity index is 1.88. The van der Waals surface area contributed by atoms with Crippen LogP contribution >= 0.6 is 0 Å². The summed E-state index contributed by atoms with van der Waals surface area (Å²) >= 11 is 0. The van der Waals surface area contributed by atoms with Crippen LogP contribution in [0.4, 0.5) is 10.1 Å². The number of aliphatic imine (C=N–C) groups is 1. The highest BCUT2D eigenvalue weighted by Crippen LogP contribution is 2.28. The molecule has 0 saturated carbocycles. The van der Waals surface area contributed by atoms with Crippen molar-refractivity contribution in [3.63, 3.8) is 0 Å². The Hall–Kier alpha value is -3.79. The molecule has 0 bridgehead atoms. The molecule has 1 heterocycles. The van der Waals surface area contributed by atoms with Gasteiger partial charge in [0.25, 0.3) is 11.8 Å². The number of methoxy groups -OCH3 is 1. The number of amides is 3. The van der Waals surface area contributed by atoms with Gasteiger partial charge in [0.2, 0.25) is 5.91 Å². The van der Waals surface area contributed by atoms with Crippen molar-refractivity contribution in [2.24, 2.45) is 10.7 Å². The Morgan fingerprint density at radius 1 is 1.17 bits per heavy atom. The van der Waals surface area contributed by atoms with Gasteiger partial charge in [0.1, 0.15) is 5.71 Å². The number of halogens is 1. The summed E-state index contributed by atoms with van der Waals surface area (Å²) in [6.45, 7) is 0.0410. The van der Waals surface area contributed by atoms with Gasteiger partial charge >= 0.3 is 0 Å². The molecule has 5 N–H and O–H groups in total. The minimum Gasteiger partial charge on any atom is -0.494 e. The molecular weight excluding hydrogens is 393 g/mol. The molecule has 1 aliphatic heterocycles. The lowest BCUT2D eigenvalue weighted by atomic mass is 9.84. The van der Waals surface area contributed by atoms with Crippen LogP contribution in [0.5, 0.6) is 5.75 Å². The van der Waals surface area contributed by atoms with E-state index in [1.807, 2.05) is 0 Å².